The first-order chi connectivity index (χ1) is 14.4. The standard InChI is InChI=1S/C27H41NO2/c1-15-5-4-8-27(3)13-24-21(12-23(15)27)22(26(29)30-24)14-28-16(2)25-19-7-6-18-9-17(10-19)11-20(18)25/h12,15-22,24-25,28H,4-11,13-14H2,1-3H3. The number of fused-ring (bicyclic) bond motifs is 4. The van der Waals surface area contributed by atoms with Crippen molar-refractivity contribution in [3.8, 4) is 0 Å². The van der Waals surface area contributed by atoms with Crippen LogP contribution in [-0.2, 0) is 9.53 Å². The first-order valence-corrected chi connectivity index (χ1v) is 13.1. The summed E-state index contributed by atoms with van der Waals surface area (Å²) < 4.78 is 5.98. The fourth-order valence-electron chi connectivity index (χ4n) is 9.46. The average molecular weight is 412 g/mol. The summed E-state index contributed by atoms with van der Waals surface area (Å²) in [5, 5.41) is 3.89. The summed E-state index contributed by atoms with van der Waals surface area (Å²) in [7, 11) is 0. The number of rotatable bonds is 4. The van der Waals surface area contributed by atoms with Crippen LogP contribution in [-0.4, -0.2) is 24.7 Å². The Hall–Kier alpha value is -0.830. The second-order valence-corrected chi connectivity index (χ2v) is 12.4. The molecule has 1 saturated heterocycles. The topological polar surface area (TPSA) is 38.3 Å². The lowest BCUT2D eigenvalue weighted by Gasteiger charge is -2.46. The van der Waals surface area contributed by atoms with Gasteiger partial charge in [-0.25, -0.2) is 0 Å². The summed E-state index contributed by atoms with van der Waals surface area (Å²) in [5.41, 5.74) is 1.89. The van der Waals surface area contributed by atoms with E-state index in [9.17, 15) is 4.79 Å². The number of ether oxygens (including phenoxy) is 1. The molecule has 0 aromatic carbocycles. The minimum Gasteiger partial charge on any atom is -0.461 e. The molecule has 166 valence electrons. The van der Waals surface area contributed by atoms with Crippen molar-refractivity contribution >= 4 is 5.97 Å². The van der Waals surface area contributed by atoms with Crippen molar-refractivity contribution in [3.63, 3.8) is 0 Å². The summed E-state index contributed by atoms with van der Waals surface area (Å²) in [6.07, 6.45) is 14.9. The van der Waals surface area contributed by atoms with Crippen molar-refractivity contribution in [2.45, 2.75) is 90.7 Å². The van der Waals surface area contributed by atoms with Crippen molar-refractivity contribution < 1.29 is 9.53 Å². The van der Waals surface area contributed by atoms with Crippen LogP contribution in [0.3, 0.4) is 0 Å². The lowest BCUT2D eigenvalue weighted by atomic mass is 9.59. The number of carbonyl (C=O) groups excluding carboxylic acids is 1. The fourth-order valence-corrected chi connectivity index (χ4v) is 9.46. The van der Waals surface area contributed by atoms with E-state index in [1.54, 1.807) is 5.57 Å². The van der Waals surface area contributed by atoms with Crippen LogP contribution in [0.2, 0.25) is 0 Å². The highest BCUT2D eigenvalue weighted by molar-refractivity contribution is 5.76. The largest absolute Gasteiger partial charge is 0.461 e. The van der Waals surface area contributed by atoms with Crippen molar-refractivity contribution in [1.29, 1.82) is 0 Å². The SMILES string of the molecule is CC1CCCC2(C)CC3OC(=O)C(CNC(C)C4C5CCC6CC(C5)CC64)C3C=C12. The van der Waals surface area contributed by atoms with Crippen LogP contribution in [0.15, 0.2) is 11.6 Å². The molecule has 1 N–H and O–H groups in total. The van der Waals surface area contributed by atoms with Gasteiger partial charge in [-0.15, -0.1) is 0 Å². The molecular weight excluding hydrogens is 370 g/mol. The minimum absolute atomic E-state index is 0.0146. The van der Waals surface area contributed by atoms with E-state index >= 15 is 0 Å². The molecule has 5 fully saturated rings. The number of hydrogen-bond donors (Lipinski definition) is 1. The van der Waals surface area contributed by atoms with Gasteiger partial charge in [0.2, 0.25) is 0 Å². The zero-order valence-electron chi connectivity index (χ0n) is 19.2. The van der Waals surface area contributed by atoms with E-state index in [0.717, 1.165) is 42.6 Å². The van der Waals surface area contributed by atoms with E-state index in [4.69, 9.17) is 4.74 Å². The highest BCUT2D eigenvalue weighted by Crippen LogP contribution is 2.59. The molecule has 0 amide bonds. The molecule has 1 heterocycles. The molecule has 4 saturated carbocycles. The third kappa shape index (κ3) is 2.97. The second kappa shape index (κ2) is 7.09. The van der Waals surface area contributed by atoms with E-state index in [-0.39, 0.29) is 23.4 Å². The lowest BCUT2D eigenvalue weighted by Crippen LogP contribution is -2.48. The van der Waals surface area contributed by atoms with Gasteiger partial charge in [-0.05, 0) is 99.2 Å². The molecule has 0 aromatic heterocycles. The van der Waals surface area contributed by atoms with Gasteiger partial charge in [-0.2, -0.15) is 0 Å². The van der Waals surface area contributed by atoms with Crippen molar-refractivity contribution in [3.05, 3.63) is 11.6 Å². The molecule has 1 aliphatic heterocycles. The third-order valence-electron chi connectivity index (χ3n) is 10.7. The zero-order chi connectivity index (χ0) is 20.6. The first kappa shape index (κ1) is 19.8. The van der Waals surface area contributed by atoms with Crippen molar-refractivity contribution in [2.75, 3.05) is 6.54 Å². The lowest BCUT2D eigenvalue weighted by molar-refractivity contribution is -0.145. The number of nitrogens with one attached hydrogen (secondary N) is 1. The van der Waals surface area contributed by atoms with Crippen LogP contribution in [0.25, 0.3) is 0 Å². The average Bonchev–Trinajstić information content (AvgIpc) is 3.10. The van der Waals surface area contributed by atoms with Gasteiger partial charge < -0.3 is 10.1 Å². The summed E-state index contributed by atoms with van der Waals surface area (Å²) in [6.45, 7) is 8.03. The molecule has 6 aliphatic rings. The number of hydrogen-bond acceptors (Lipinski definition) is 3. The van der Waals surface area contributed by atoms with Crippen LogP contribution in [0.1, 0.15) is 78.6 Å². The Kier molecular flexibility index (Phi) is 4.68. The van der Waals surface area contributed by atoms with Crippen LogP contribution < -0.4 is 5.32 Å². The smallest absolute Gasteiger partial charge is 0.311 e. The van der Waals surface area contributed by atoms with Gasteiger partial charge in [0.15, 0.2) is 0 Å². The van der Waals surface area contributed by atoms with Gasteiger partial charge in [-0.1, -0.05) is 31.9 Å². The van der Waals surface area contributed by atoms with Gasteiger partial charge in [0.05, 0.1) is 5.92 Å². The molecule has 11 atom stereocenters. The molecule has 0 radical (unpaired) electrons. The quantitative estimate of drug-likeness (QED) is 0.500. The van der Waals surface area contributed by atoms with E-state index in [1.807, 2.05) is 0 Å². The Morgan fingerprint density at radius 3 is 2.87 bits per heavy atom. The highest BCUT2D eigenvalue weighted by atomic mass is 16.6. The number of allylic oxidation sites excluding steroid dienone is 1. The minimum atomic E-state index is 0.0146. The van der Waals surface area contributed by atoms with Crippen LogP contribution in [0, 0.1) is 52.8 Å². The fraction of sp³-hybridized carbons (Fsp3) is 0.889. The Balaban J connectivity index is 1.16. The molecule has 5 aliphatic carbocycles. The molecule has 3 heteroatoms. The van der Waals surface area contributed by atoms with Gasteiger partial charge in [-0.3, -0.25) is 4.79 Å². The summed E-state index contributed by atoms with van der Waals surface area (Å²) in [4.78, 5) is 12.9. The molecule has 30 heavy (non-hydrogen) atoms. The monoisotopic (exact) mass is 411 g/mol. The van der Waals surface area contributed by atoms with Gasteiger partial charge in [0.1, 0.15) is 6.10 Å². The Morgan fingerprint density at radius 2 is 2.00 bits per heavy atom. The maximum absolute atomic E-state index is 12.9. The summed E-state index contributed by atoms with van der Waals surface area (Å²) in [5.74, 6) is 5.78. The number of carbonyl (C=O) groups is 1. The van der Waals surface area contributed by atoms with E-state index in [0.29, 0.717) is 17.9 Å². The third-order valence-corrected chi connectivity index (χ3v) is 10.7. The van der Waals surface area contributed by atoms with E-state index in [2.05, 4.69) is 32.2 Å². The predicted octanol–water partition coefficient (Wildman–Crippen LogP) is 5.35. The molecule has 11 unspecified atom stereocenters. The molecule has 3 bridgehead atoms. The van der Waals surface area contributed by atoms with Crippen molar-refractivity contribution in [2.24, 2.45) is 52.8 Å². The summed E-state index contributed by atoms with van der Waals surface area (Å²) >= 11 is 0. The van der Waals surface area contributed by atoms with Crippen LogP contribution >= 0.6 is 0 Å². The van der Waals surface area contributed by atoms with Gasteiger partial charge in [0, 0.05) is 18.5 Å². The molecule has 3 nitrogen and oxygen atoms in total. The van der Waals surface area contributed by atoms with Gasteiger partial charge in [0.25, 0.3) is 0 Å². The van der Waals surface area contributed by atoms with E-state index < -0.39 is 0 Å². The van der Waals surface area contributed by atoms with E-state index in [1.165, 1.54) is 51.4 Å². The maximum Gasteiger partial charge on any atom is 0.311 e. The number of esters is 1. The predicted molar refractivity (Wildman–Crippen MR) is 119 cm³/mol. The van der Waals surface area contributed by atoms with Crippen LogP contribution in [0.5, 0.6) is 0 Å². The first-order valence-electron chi connectivity index (χ1n) is 13.1. The van der Waals surface area contributed by atoms with Crippen LogP contribution in [0.4, 0.5) is 0 Å². The molecule has 0 spiro atoms. The van der Waals surface area contributed by atoms with Gasteiger partial charge >= 0.3 is 5.97 Å². The molecule has 6 rings (SSSR count). The molecular formula is C27H41NO2. The summed E-state index contributed by atoms with van der Waals surface area (Å²) in [6, 6.07) is 0.531. The Bertz CT molecular complexity index is 745. The van der Waals surface area contributed by atoms with Crippen molar-refractivity contribution in [1.82, 2.24) is 5.32 Å². The Labute approximate surface area is 182 Å². The molecule has 0 aromatic rings. The highest BCUT2D eigenvalue weighted by Gasteiger charge is 2.53. The zero-order valence-corrected chi connectivity index (χ0v) is 19.2. The normalized spacial score (nSPS) is 52.4. The maximum atomic E-state index is 12.9. The second-order valence-electron chi connectivity index (χ2n) is 12.4. The Morgan fingerprint density at radius 1 is 1.20 bits per heavy atom.